The van der Waals surface area contributed by atoms with Crippen LogP contribution in [0, 0.1) is 10.8 Å². The Hall–Kier alpha value is -0.720. The molecule has 1 heterocycles. The van der Waals surface area contributed by atoms with Gasteiger partial charge in [-0.3, -0.25) is 9.80 Å². The van der Waals surface area contributed by atoms with Crippen LogP contribution in [0.25, 0.3) is 0 Å². The lowest BCUT2D eigenvalue weighted by Gasteiger charge is -2.29. The maximum atomic E-state index is 12.1. The SMILES string of the molecule is CCCN(CCC1CC1)CC(CN1CCOCC1)[N+](=O)OC. The molecule has 0 spiro atoms. The third-order valence-corrected chi connectivity index (χ3v) is 4.61. The van der Waals surface area contributed by atoms with Gasteiger partial charge in [0.1, 0.15) is 0 Å². The molecule has 2 fully saturated rings. The minimum atomic E-state index is -0.131. The molecule has 128 valence electrons. The van der Waals surface area contributed by atoms with Gasteiger partial charge in [-0.05, 0) is 31.8 Å². The van der Waals surface area contributed by atoms with Crippen molar-refractivity contribution in [2.24, 2.45) is 5.92 Å². The Balaban J connectivity index is 1.85. The van der Waals surface area contributed by atoms with E-state index >= 15 is 0 Å². The highest BCUT2D eigenvalue weighted by molar-refractivity contribution is 4.76. The lowest BCUT2D eigenvalue weighted by Crippen LogP contribution is -2.48. The van der Waals surface area contributed by atoms with Crippen LogP contribution in [0.4, 0.5) is 0 Å². The third kappa shape index (κ3) is 6.18. The highest BCUT2D eigenvalue weighted by Crippen LogP contribution is 2.32. The minimum Gasteiger partial charge on any atom is -0.379 e. The number of hydrogen-bond acceptors (Lipinski definition) is 5. The minimum absolute atomic E-state index is 0.131. The van der Waals surface area contributed by atoms with Crippen molar-refractivity contribution >= 4 is 0 Å². The molecule has 2 aliphatic rings. The molecule has 2 rings (SSSR count). The van der Waals surface area contributed by atoms with Crippen molar-refractivity contribution in [3.63, 3.8) is 0 Å². The van der Waals surface area contributed by atoms with Gasteiger partial charge in [-0.15, -0.1) is 0 Å². The molecule has 0 radical (unpaired) electrons. The van der Waals surface area contributed by atoms with Gasteiger partial charge in [0.25, 0.3) is 6.04 Å². The Labute approximate surface area is 134 Å². The van der Waals surface area contributed by atoms with E-state index in [1.807, 2.05) is 0 Å². The molecule has 0 aromatic rings. The van der Waals surface area contributed by atoms with E-state index < -0.39 is 0 Å². The largest absolute Gasteiger partial charge is 0.379 e. The lowest BCUT2D eigenvalue weighted by atomic mass is 10.2. The van der Waals surface area contributed by atoms with Crippen LogP contribution in [0.5, 0.6) is 0 Å². The second-order valence-corrected chi connectivity index (χ2v) is 6.57. The smallest absolute Gasteiger partial charge is 0.282 e. The Kier molecular flexibility index (Phi) is 7.55. The summed E-state index contributed by atoms with van der Waals surface area (Å²) < 4.78 is 5.38. The Morgan fingerprint density at radius 1 is 1.32 bits per heavy atom. The molecule has 1 atom stereocenters. The molecule has 0 N–H and O–H groups in total. The number of rotatable bonds is 11. The second-order valence-electron chi connectivity index (χ2n) is 6.57. The molecule has 0 amide bonds. The average molecular weight is 314 g/mol. The van der Waals surface area contributed by atoms with Crippen LogP contribution in [-0.4, -0.2) is 80.4 Å². The fraction of sp³-hybridized carbons (Fsp3) is 1.00. The number of hydrogen-bond donors (Lipinski definition) is 0. The molecule has 6 nitrogen and oxygen atoms in total. The average Bonchev–Trinajstić information content (AvgIpc) is 3.36. The maximum absolute atomic E-state index is 12.1. The third-order valence-electron chi connectivity index (χ3n) is 4.61. The predicted octanol–water partition coefficient (Wildman–Crippen LogP) is 1.54. The van der Waals surface area contributed by atoms with Gasteiger partial charge < -0.3 is 4.74 Å². The Morgan fingerprint density at radius 3 is 2.64 bits per heavy atom. The summed E-state index contributed by atoms with van der Waals surface area (Å²) in [6.45, 7) is 9.25. The number of nitrogens with zero attached hydrogens (tertiary/aromatic N) is 3. The molecular weight excluding hydrogens is 282 g/mol. The first kappa shape index (κ1) is 17.6. The Bertz CT molecular complexity index is 331. The zero-order valence-corrected chi connectivity index (χ0v) is 14.2. The topological polar surface area (TPSA) is 45.0 Å². The molecule has 1 aliphatic heterocycles. The van der Waals surface area contributed by atoms with Gasteiger partial charge >= 0.3 is 0 Å². The fourth-order valence-corrected chi connectivity index (χ4v) is 3.10. The van der Waals surface area contributed by atoms with E-state index in [0.717, 1.165) is 69.7 Å². The molecule has 6 heteroatoms. The van der Waals surface area contributed by atoms with Gasteiger partial charge in [0.15, 0.2) is 7.11 Å². The molecule has 1 aliphatic carbocycles. The van der Waals surface area contributed by atoms with Crippen LogP contribution in [0.15, 0.2) is 0 Å². The quantitative estimate of drug-likeness (QED) is 0.541. The molecule has 0 aromatic carbocycles. The van der Waals surface area contributed by atoms with Crippen LogP contribution in [0.1, 0.15) is 32.6 Å². The summed E-state index contributed by atoms with van der Waals surface area (Å²) in [7, 11) is 1.47. The van der Waals surface area contributed by atoms with Crippen molar-refractivity contribution < 1.29 is 14.5 Å². The van der Waals surface area contributed by atoms with E-state index in [-0.39, 0.29) is 6.04 Å². The van der Waals surface area contributed by atoms with Crippen molar-refractivity contribution in [1.29, 1.82) is 0 Å². The molecule has 1 unspecified atom stereocenters. The summed E-state index contributed by atoms with van der Waals surface area (Å²) in [6, 6.07) is -0.131. The van der Waals surface area contributed by atoms with Crippen LogP contribution >= 0.6 is 0 Å². The summed E-state index contributed by atoms with van der Waals surface area (Å²) in [5.74, 6) is 0.933. The second kappa shape index (κ2) is 9.43. The van der Waals surface area contributed by atoms with E-state index in [4.69, 9.17) is 9.57 Å². The van der Waals surface area contributed by atoms with Crippen molar-refractivity contribution in [1.82, 2.24) is 9.80 Å². The van der Waals surface area contributed by atoms with Crippen molar-refractivity contribution in [2.45, 2.75) is 38.6 Å². The van der Waals surface area contributed by atoms with Crippen LogP contribution in [-0.2, 0) is 9.57 Å². The summed E-state index contributed by atoms with van der Waals surface area (Å²) in [5, 5.41) is 0. The van der Waals surface area contributed by atoms with Gasteiger partial charge in [0, 0.05) is 13.1 Å². The Morgan fingerprint density at radius 2 is 2.05 bits per heavy atom. The standard InChI is InChI=1S/C16H32N3O3/c1-3-7-17(8-6-15-4-5-15)13-16(19(20)21-2)14-18-9-11-22-12-10-18/h15-16H,3-14H2,1-2H3/q+1. The van der Waals surface area contributed by atoms with Gasteiger partial charge in [-0.25, -0.2) is 4.84 Å². The molecule has 1 saturated heterocycles. The first-order chi connectivity index (χ1) is 10.7. The van der Waals surface area contributed by atoms with Crippen molar-refractivity contribution in [3.8, 4) is 0 Å². The number of morpholine rings is 1. The number of ether oxygens (including phenoxy) is 1. The molecule has 0 bridgehead atoms. The molecule has 1 saturated carbocycles. The lowest BCUT2D eigenvalue weighted by molar-refractivity contribution is -0.819. The van der Waals surface area contributed by atoms with Gasteiger partial charge in [0.2, 0.25) is 4.92 Å². The zero-order valence-electron chi connectivity index (χ0n) is 14.2. The van der Waals surface area contributed by atoms with E-state index in [2.05, 4.69) is 16.7 Å². The predicted molar refractivity (Wildman–Crippen MR) is 85.8 cm³/mol. The van der Waals surface area contributed by atoms with E-state index in [0.29, 0.717) is 0 Å². The van der Waals surface area contributed by atoms with Crippen LogP contribution in [0.3, 0.4) is 0 Å². The van der Waals surface area contributed by atoms with Gasteiger partial charge in [-0.1, -0.05) is 19.8 Å². The van der Waals surface area contributed by atoms with E-state index in [1.165, 1.54) is 26.4 Å². The van der Waals surface area contributed by atoms with Crippen molar-refractivity contribution in [3.05, 3.63) is 4.91 Å². The van der Waals surface area contributed by atoms with E-state index in [9.17, 15) is 4.91 Å². The van der Waals surface area contributed by atoms with Gasteiger partial charge in [0.05, 0.1) is 31.2 Å². The molecule has 22 heavy (non-hydrogen) atoms. The summed E-state index contributed by atoms with van der Waals surface area (Å²) >= 11 is 0. The van der Waals surface area contributed by atoms with Crippen LogP contribution in [0.2, 0.25) is 0 Å². The summed E-state index contributed by atoms with van der Waals surface area (Å²) in [4.78, 5) is 22.6. The first-order valence-electron chi connectivity index (χ1n) is 8.75. The monoisotopic (exact) mass is 314 g/mol. The summed E-state index contributed by atoms with van der Waals surface area (Å²) in [6.07, 6.45) is 5.18. The first-order valence-corrected chi connectivity index (χ1v) is 8.75. The zero-order chi connectivity index (χ0) is 15.8. The fourth-order valence-electron chi connectivity index (χ4n) is 3.10. The highest BCUT2D eigenvalue weighted by Gasteiger charge is 2.33. The molecule has 0 aromatic heterocycles. The normalized spacial score (nSPS) is 21.0. The van der Waals surface area contributed by atoms with Crippen molar-refractivity contribution in [2.75, 3.05) is 59.6 Å². The maximum Gasteiger partial charge on any atom is 0.282 e. The highest BCUT2D eigenvalue weighted by atomic mass is 16.8. The van der Waals surface area contributed by atoms with Gasteiger partial charge in [-0.2, -0.15) is 0 Å². The molecular formula is C16H32N3O3+. The summed E-state index contributed by atoms with van der Waals surface area (Å²) in [5.41, 5.74) is 0. The van der Waals surface area contributed by atoms with E-state index in [1.54, 1.807) is 0 Å². The van der Waals surface area contributed by atoms with Crippen LogP contribution < -0.4 is 0 Å².